The highest BCUT2D eigenvalue weighted by Crippen LogP contribution is 2.25. The number of fused-ring (bicyclic) bond motifs is 1. The lowest BCUT2D eigenvalue weighted by Crippen LogP contribution is -1.96. The molecule has 4 aromatic rings. The van der Waals surface area contributed by atoms with Crippen LogP contribution in [0.3, 0.4) is 0 Å². The van der Waals surface area contributed by atoms with Crippen molar-refractivity contribution in [3.8, 4) is 11.3 Å². The van der Waals surface area contributed by atoms with E-state index in [-0.39, 0.29) is 5.69 Å². The Morgan fingerprint density at radius 2 is 1.96 bits per heavy atom. The Kier molecular flexibility index (Phi) is 3.59. The van der Waals surface area contributed by atoms with E-state index in [1.54, 1.807) is 18.2 Å². The number of anilines is 2. The largest absolute Gasteiger partial charge is 0.361 e. The predicted octanol–water partition coefficient (Wildman–Crippen LogP) is 4.28. The highest BCUT2D eigenvalue weighted by atomic mass is 16.6. The molecule has 0 atom stereocenters. The van der Waals surface area contributed by atoms with Crippen LogP contribution >= 0.6 is 0 Å². The van der Waals surface area contributed by atoms with Crippen LogP contribution in [0.1, 0.15) is 0 Å². The molecule has 0 saturated carbocycles. The van der Waals surface area contributed by atoms with Gasteiger partial charge in [-0.25, -0.2) is 9.97 Å². The standard InChI is InChI=1S/C18H13N5O2/c24-23(25)15-3-1-2-12(9-15)17-10-18(21-11-20-17)22-14-4-5-16-13(8-14)6-7-19-16/h1-11,19H,(H,20,21,22). The minimum atomic E-state index is -0.421. The Balaban J connectivity index is 1.65. The number of nitrogens with one attached hydrogen (secondary N) is 2. The van der Waals surface area contributed by atoms with E-state index in [1.165, 1.54) is 18.5 Å². The van der Waals surface area contributed by atoms with Gasteiger partial charge in [0, 0.05) is 46.5 Å². The molecule has 4 rings (SSSR count). The summed E-state index contributed by atoms with van der Waals surface area (Å²) in [4.78, 5) is 22.1. The maximum absolute atomic E-state index is 10.9. The van der Waals surface area contributed by atoms with E-state index in [0.717, 1.165) is 16.6 Å². The van der Waals surface area contributed by atoms with Crippen LogP contribution in [-0.4, -0.2) is 19.9 Å². The molecular weight excluding hydrogens is 318 g/mol. The van der Waals surface area contributed by atoms with Crippen LogP contribution in [0.15, 0.2) is 67.1 Å². The van der Waals surface area contributed by atoms with Crippen molar-refractivity contribution in [3.63, 3.8) is 0 Å². The quantitative estimate of drug-likeness (QED) is 0.430. The van der Waals surface area contributed by atoms with Crippen LogP contribution < -0.4 is 5.32 Å². The van der Waals surface area contributed by atoms with Crippen molar-refractivity contribution < 1.29 is 4.92 Å². The number of nitro groups is 1. The second kappa shape index (κ2) is 6.04. The third-order valence-electron chi connectivity index (χ3n) is 3.85. The van der Waals surface area contributed by atoms with Gasteiger partial charge in [0.2, 0.25) is 0 Å². The summed E-state index contributed by atoms with van der Waals surface area (Å²) >= 11 is 0. The Hall–Kier alpha value is -3.74. The number of hydrogen-bond acceptors (Lipinski definition) is 5. The number of aromatic amines is 1. The van der Waals surface area contributed by atoms with Gasteiger partial charge in [-0.1, -0.05) is 12.1 Å². The van der Waals surface area contributed by atoms with Crippen molar-refractivity contribution in [2.24, 2.45) is 0 Å². The zero-order valence-corrected chi connectivity index (χ0v) is 13.0. The number of benzene rings is 2. The van der Waals surface area contributed by atoms with Crippen LogP contribution in [-0.2, 0) is 0 Å². The third-order valence-corrected chi connectivity index (χ3v) is 3.85. The summed E-state index contributed by atoms with van der Waals surface area (Å²) in [6, 6.07) is 16.1. The molecule has 0 radical (unpaired) electrons. The van der Waals surface area contributed by atoms with Crippen LogP contribution in [0.5, 0.6) is 0 Å². The lowest BCUT2D eigenvalue weighted by atomic mass is 10.1. The summed E-state index contributed by atoms with van der Waals surface area (Å²) in [5.74, 6) is 0.617. The van der Waals surface area contributed by atoms with Crippen molar-refractivity contribution in [3.05, 3.63) is 77.2 Å². The van der Waals surface area contributed by atoms with Gasteiger partial charge in [0.1, 0.15) is 12.1 Å². The molecule has 0 fully saturated rings. The van der Waals surface area contributed by atoms with Crippen LogP contribution in [0.25, 0.3) is 22.2 Å². The number of aromatic nitrogens is 3. The molecule has 0 bridgehead atoms. The molecule has 2 heterocycles. The molecule has 2 N–H and O–H groups in total. The Morgan fingerprint density at radius 1 is 1.04 bits per heavy atom. The highest BCUT2D eigenvalue weighted by Gasteiger charge is 2.09. The first-order valence-electron chi connectivity index (χ1n) is 7.60. The molecule has 0 aliphatic carbocycles. The number of rotatable bonds is 4. The van der Waals surface area contributed by atoms with Crippen molar-refractivity contribution in [2.75, 3.05) is 5.32 Å². The van der Waals surface area contributed by atoms with Crippen molar-refractivity contribution in [1.82, 2.24) is 15.0 Å². The Bertz CT molecular complexity index is 1070. The Labute approximate surface area is 142 Å². The number of hydrogen-bond donors (Lipinski definition) is 2. The maximum atomic E-state index is 10.9. The molecule has 2 aromatic heterocycles. The van der Waals surface area contributed by atoms with Gasteiger partial charge in [-0.3, -0.25) is 10.1 Å². The summed E-state index contributed by atoms with van der Waals surface area (Å²) in [6.45, 7) is 0. The maximum Gasteiger partial charge on any atom is 0.270 e. The lowest BCUT2D eigenvalue weighted by Gasteiger charge is -2.07. The average molecular weight is 331 g/mol. The summed E-state index contributed by atoms with van der Waals surface area (Å²) in [5, 5.41) is 15.3. The zero-order chi connectivity index (χ0) is 17.2. The van der Waals surface area contributed by atoms with Gasteiger partial charge >= 0.3 is 0 Å². The Morgan fingerprint density at radius 3 is 2.84 bits per heavy atom. The fraction of sp³-hybridized carbons (Fsp3) is 0. The van der Waals surface area contributed by atoms with E-state index >= 15 is 0 Å². The van der Waals surface area contributed by atoms with Gasteiger partial charge in [-0.05, 0) is 24.3 Å². The average Bonchev–Trinajstić information content (AvgIpc) is 3.10. The monoisotopic (exact) mass is 331 g/mol. The van der Waals surface area contributed by atoms with Gasteiger partial charge in [-0.2, -0.15) is 0 Å². The fourth-order valence-corrected chi connectivity index (χ4v) is 2.64. The molecule has 0 amide bonds. The molecule has 7 nitrogen and oxygen atoms in total. The van der Waals surface area contributed by atoms with Crippen LogP contribution in [0.4, 0.5) is 17.2 Å². The predicted molar refractivity (Wildman–Crippen MR) is 95.7 cm³/mol. The second-order valence-corrected chi connectivity index (χ2v) is 5.50. The number of non-ortho nitro benzene ring substituents is 1. The van der Waals surface area contributed by atoms with E-state index < -0.39 is 4.92 Å². The second-order valence-electron chi connectivity index (χ2n) is 5.50. The molecule has 0 aliphatic heterocycles. The number of nitro benzene ring substituents is 1. The van der Waals surface area contributed by atoms with Crippen molar-refractivity contribution in [2.45, 2.75) is 0 Å². The molecule has 0 unspecified atom stereocenters. The molecule has 0 spiro atoms. The molecule has 7 heteroatoms. The molecule has 0 aliphatic rings. The minimum Gasteiger partial charge on any atom is -0.361 e. The van der Waals surface area contributed by atoms with Crippen LogP contribution in [0, 0.1) is 10.1 Å². The summed E-state index contributed by atoms with van der Waals surface area (Å²) < 4.78 is 0. The molecular formula is C18H13N5O2. The summed E-state index contributed by atoms with van der Waals surface area (Å²) in [5.41, 5.74) is 3.27. The van der Waals surface area contributed by atoms with E-state index in [9.17, 15) is 10.1 Å². The van der Waals surface area contributed by atoms with Crippen molar-refractivity contribution >= 4 is 28.1 Å². The topological polar surface area (TPSA) is 96.7 Å². The van der Waals surface area contributed by atoms with E-state index in [0.29, 0.717) is 17.1 Å². The van der Waals surface area contributed by atoms with Gasteiger partial charge < -0.3 is 10.3 Å². The van der Waals surface area contributed by atoms with Gasteiger partial charge in [0.05, 0.1) is 10.6 Å². The fourth-order valence-electron chi connectivity index (χ4n) is 2.64. The van der Waals surface area contributed by atoms with E-state index in [2.05, 4.69) is 20.3 Å². The zero-order valence-electron chi connectivity index (χ0n) is 13.0. The first-order chi connectivity index (χ1) is 12.2. The normalized spacial score (nSPS) is 10.7. The minimum absolute atomic E-state index is 0.0310. The summed E-state index contributed by atoms with van der Waals surface area (Å²) in [6.07, 6.45) is 3.32. The SMILES string of the molecule is O=[N+]([O-])c1cccc(-c2cc(Nc3ccc4[nH]ccc4c3)ncn2)c1. The van der Waals surface area contributed by atoms with Crippen molar-refractivity contribution in [1.29, 1.82) is 0 Å². The number of H-pyrrole nitrogens is 1. The van der Waals surface area contributed by atoms with E-state index in [4.69, 9.17) is 0 Å². The third kappa shape index (κ3) is 3.02. The lowest BCUT2D eigenvalue weighted by molar-refractivity contribution is -0.384. The van der Waals surface area contributed by atoms with E-state index in [1.807, 2.05) is 30.5 Å². The molecule has 0 saturated heterocycles. The molecule has 25 heavy (non-hydrogen) atoms. The smallest absolute Gasteiger partial charge is 0.270 e. The van der Waals surface area contributed by atoms with Crippen LogP contribution in [0.2, 0.25) is 0 Å². The summed E-state index contributed by atoms with van der Waals surface area (Å²) in [7, 11) is 0. The molecule has 2 aromatic carbocycles. The van der Waals surface area contributed by atoms with Gasteiger partial charge in [0.15, 0.2) is 0 Å². The molecule has 122 valence electrons. The highest BCUT2D eigenvalue weighted by molar-refractivity contribution is 5.84. The first kappa shape index (κ1) is 14.8. The van der Waals surface area contributed by atoms with Gasteiger partial charge in [-0.15, -0.1) is 0 Å². The number of nitrogens with zero attached hydrogens (tertiary/aromatic N) is 3. The van der Waals surface area contributed by atoms with Gasteiger partial charge in [0.25, 0.3) is 5.69 Å². The first-order valence-corrected chi connectivity index (χ1v) is 7.60.